The molecule has 1 aromatic heterocycles. The lowest BCUT2D eigenvalue weighted by Gasteiger charge is -2.37. The van der Waals surface area contributed by atoms with E-state index in [9.17, 15) is 19.5 Å². The molecule has 1 amide bonds. The van der Waals surface area contributed by atoms with Gasteiger partial charge in [-0.1, -0.05) is 155 Å². The lowest BCUT2D eigenvalue weighted by Crippen LogP contribution is -2.50. The molecule has 3 aromatic carbocycles. The Balaban J connectivity index is 0.000000451. The number of likely N-dealkylation sites (tertiary alicyclic amines) is 1. The number of β-amino-alcohol motifs (C(OH)–C–C–N with tert-alkyl or cyclic N) is 1. The first-order valence-electron chi connectivity index (χ1n) is 30.7. The Morgan fingerprint density at radius 1 is 0.916 bits per heavy atom. The van der Waals surface area contributed by atoms with E-state index < -0.39 is 11.6 Å². The molecule has 12 nitrogen and oxygen atoms in total. The van der Waals surface area contributed by atoms with Crippen molar-refractivity contribution in [2.24, 2.45) is 17.3 Å². The Morgan fingerprint density at radius 2 is 1.48 bits per heavy atom. The predicted molar refractivity (Wildman–Crippen MR) is 351 cm³/mol. The number of aliphatic hydroxyl groups is 1. The molecule has 3 fully saturated rings. The van der Waals surface area contributed by atoms with Gasteiger partial charge < -0.3 is 39.3 Å². The van der Waals surface area contributed by atoms with E-state index in [1.807, 2.05) is 113 Å². The smallest absolute Gasteiger partial charge is 0.246 e. The van der Waals surface area contributed by atoms with E-state index in [2.05, 4.69) is 115 Å². The van der Waals surface area contributed by atoms with Crippen molar-refractivity contribution in [1.29, 1.82) is 0 Å². The molecule has 5 atom stereocenters. The number of nitrogens with one attached hydrogen (secondary N) is 2. The van der Waals surface area contributed by atoms with Gasteiger partial charge in [-0.3, -0.25) is 14.5 Å². The fourth-order valence-corrected chi connectivity index (χ4v) is 10.2. The zero-order valence-corrected chi connectivity index (χ0v) is 55.4. The minimum atomic E-state index is -0.580. The number of unbranched alkanes of at least 4 members (excludes halogenated alkanes) is 1. The minimum Gasteiger partial charge on any atom is -0.494 e. The van der Waals surface area contributed by atoms with Gasteiger partial charge in [0, 0.05) is 54.5 Å². The topological polar surface area (TPSA) is 146 Å². The van der Waals surface area contributed by atoms with E-state index in [4.69, 9.17) is 25.5 Å². The fourth-order valence-electron chi connectivity index (χ4n) is 9.80. The Kier molecular flexibility index (Phi) is 34.8. The van der Waals surface area contributed by atoms with Crippen LogP contribution in [-0.4, -0.2) is 109 Å². The number of aldehydes is 1. The summed E-state index contributed by atoms with van der Waals surface area (Å²) in [5.41, 5.74) is 5.78. The Labute approximate surface area is 512 Å². The van der Waals surface area contributed by atoms with Crippen molar-refractivity contribution >= 4 is 52.9 Å². The third-order valence-electron chi connectivity index (χ3n) is 16.0. The van der Waals surface area contributed by atoms with E-state index in [1.165, 1.54) is 68.9 Å². The summed E-state index contributed by atoms with van der Waals surface area (Å²) < 4.78 is 16.7. The standard InChI is InChI=1S/C33H48N2O5.C18H29N3O2.C10H13Cl.C4H8.C2H4S.C2H6/c1-9-24(2)31(38)33(6,7)35(8)27-16-12-25(13-17-27)26-14-18-28(19-15-26)40-21-11-10-20-39-23-30(37)34-29(22-36)32(3,4)5;1-12(20-13(2)17-8-16(22)10-21(17)3)14-4-6-15(7-5-14)18-9-19-11-23-18;1-7(2)9-5-4-8(3)6-10(9)11;1-2-4-3-1;1-2-3;1-2/h12-19,22,24,29H,9-11,20-21,23H2,1-8H3,(H,34,37);9,11-12,14-17,20,22H,2,4-8,10H2,1,3H3;4-7H,1-3H3;1-4H2;2H,1H3;1-2H3/t24-,29?;12-,14?,15?,16+,17-;;;;/m10..../s1. The molecule has 464 valence electrons. The summed E-state index contributed by atoms with van der Waals surface area (Å²) in [7, 11) is 4.03. The summed E-state index contributed by atoms with van der Waals surface area (Å²) in [6.07, 6.45) is 17.9. The zero-order valence-electron chi connectivity index (χ0n) is 53.8. The number of aryl methyl sites for hydroxylation is 1. The lowest BCUT2D eigenvalue weighted by atomic mass is 9.78. The molecule has 83 heavy (non-hydrogen) atoms. The molecule has 3 aliphatic rings. The van der Waals surface area contributed by atoms with Crippen molar-refractivity contribution in [3.8, 4) is 16.9 Å². The van der Waals surface area contributed by atoms with Crippen LogP contribution >= 0.6 is 23.8 Å². The number of anilines is 1. The number of Topliss-reactive ketones (excluding diaryl/α,β-unsaturated/α-hetero) is 1. The molecule has 3 N–H and O–H groups in total. The van der Waals surface area contributed by atoms with Crippen LogP contribution in [0.1, 0.15) is 196 Å². The fraction of sp³-hybridized carbons (Fsp3) is 0.609. The third kappa shape index (κ3) is 26.1. The first-order valence-corrected chi connectivity index (χ1v) is 31.5. The van der Waals surface area contributed by atoms with Crippen LogP contribution in [-0.2, 0) is 19.1 Å². The second-order valence-electron chi connectivity index (χ2n) is 24.2. The van der Waals surface area contributed by atoms with Crippen molar-refractivity contribution in [2.45, 2.75) is 216 Å². The van der Waals surface area contributed by atoms with Crippen LogP contribution in [0, 0.1) is 24.2 Å². The highest BCUT2D eigenvalue weighted by Crippen LogP contribution is 2.38. The first-order chi connectivity index (χ1) is 39.4. The number of aliphatic hydroxyl groups excluding tert-OH is 1. The number of thiocarbonyl (C=S) groups is 1. The molecule has 1 aliphatic heterocycles. The van der Waals surface area contributed by atoms with E-state index in [0.29, 0.717) is 37.0 Å². The maximum atomic E-state index is 12.9. The van der Waals surface area contributed by atoms with E-state index in [-0.39, 0.29) is 41.8 Å². The van der Waals surface area contributed by atoms with Gasteiger partial charge in [-0.2, -0.15) is 0 Å². The van der Waals surface area contributed by atoms with Crippen LogP contribution in [0.25, 0.3) is 11.1 Å². The molecule has 0 bridgehead atoms. The predicted octanol–water partition coefficient (Wildman–Crippen LogP) is 16.0. The average Bonchev–Trinajstić information content (AvgIpc) is 4.27. The van der Waals surface area contributed by atoms with E-state index >= 15 is 0 Å². The summed E-state index contributed by atoms with van der Waals surface area (Å²) in [6.45, 7) is 34.0. The van der Waals surface area contributed by atoms with Gasteiger partial charge in [0.15, 0.2) is 12.2 Å². The number of amides is 1. The zero-order chi connectivity index (χ0) is 62.3. The largest absolute Gasteiger partial charge is 0.494 e. The number of hydrogen-bond donors (Lipinski definition) is 3. The Hall–Kier alpha value is -4.92. The number of carbonyl (C=O) groups is 3. The number of hydrogen-bond acceptors (Lipinski definition) is 12. The first kappa shape index (κ1) is 74.2. The van der Waals surface area contributed by atoms with Gasteiger partial charge in [-0.25, -0.2) is 4.98 Å². The van der Waals surface area contributed by atoms with Crippen LogP contribution in [0.4, 0.5) is 5.69 Å². The maximum Gasteiger partial charge on any atom is 0.246 e. The van der Waals surface area contributed by atoms with Gasteiger partial charge in [0.1, 0.15) is 24.4 Å². The molecule has 2 aliphatic carbocycles. The van der Waals surface area contributed by atoms with Crippen LogP contribution in [0.2, 0.25) is 5.02 Å². The molecule has 14 heteroatoms. The Morgan fingerprint density at radius 3 is 1.95 bits per heavy atom. The number of rotatable bonds is 22. The van der Waals surface area contributed by atoms with Crippen LogP contribution < -0.4 is 20.3 Å². The van der Waals surface area contributed by atoms with Crippen LogP contribution in [0.15, 0.2) is 96.0 Å². The SMILES string of the molecule is C1CCC1.C=C(N[C@@H](C)C1CCC(c2cnco2)CC1)[C@@H]1C[C@@H](O)CN1C.CC.CC=S.CC[C@@H](C)C(=O)C(C)(C)N(C)c1ccc(-c2ccc(OCCCCOCC(=O)NC(C=O)C(C)(C)C)cc2)cc1.Cc1ccc(C(C)C)c(Cl)c1. The molecule has 2 heterocycles. The monoisotopic (exact) mass is 1190 g/mol. The van der Waals surface area contributed by atoms with Crippen molar-refractivity contribution in [3.05, 3.63) is 114 Å². The number of carbonyl (C=O) groups excluding carboxylic acids is 3. The molecule has 4 aromatic rings. The van der Waals surface area contributed by atoms with Crippen molar-refractivity contribution < 1.29 is 33.4 Å². The van der Waals surface area contributed by atoms with Crippen molar-refractivity contribution in [2.75, 3.05) is 45.4 Å². The number of ether oxygens (including phenoxy) is 2. The van der Waals surface area contributed by atoms with Gasteiger partial charge in [0.25, 0.3) is 0 Å². The van der Waals surface area contributed by atoms with Gasteiger partial charge in [0.05, 0.1) is 36.5 Å². The lowest BCUT2D eigenvalue weighted by molar-refractivity contribution is -0.129. The quantitative estimate of drug-likeness (QED) is 0.0391. The van der Waals surface area contributed by atoms with E-state index in [1.54, 1.807) is 5.37 Å². The summed E-state index contributed by atoms with van der Waals surface area (Å²) in [6, 6.07) is 22.6. The second kappa shape index (κ2) is 38.9. The molecular weight excluding hydrogens is 1080 g/mol. The number of likely N-dealkylation sites (N-methyl/N-ethyl adjacent to an activating group) is 2. The summed E-state index contributed by atoms with van der Waals surface area (Å²) in [5, 5.41) is 18.6. The highest BCUT2D eigenvalue weighted by molar-refractivity contribution is 7.78. The van der Waals surface area contributed by atoms with Crippen LogP contribution in [0.3, 0.4) is 0 Å². The maximum absolute atomic E-state index is 12.9. The molecule has 1 unspecified atom stereocenters. The summed E-state index contributed by atoms with van der Waals surface area (Å²) in [5.74, 6) is 3.54. The number of oxazole rings is 1. The molecular formula is C69H108ClN5O7S. The van der Waals surface area contributed by atoms with Gasteiger partial charge in [-0.05, 0) is 168 Å². The normalized spacial score (nSPS) is 18.5. The second-order valence-corrected chi connectivity index (χ2v) is 25.0. The number of benzene rings is 3. The molecule has 0 radical (unpaired) electrons. The highest BCUT2D eigenvalue weighted by atomic mass is 35.5. The summed E-state index contributed by atoms with van der Waals surface area (Å²) in [4.78, 5) is 44.3. The summed E-state index contributed by atoms with van der Waals surface area (Å²) >= 11 is 10.3. The molecule has 7 rings (SSSR count). The number of halogens is 1. The van der Waals surface area contributed by atoms with E-state index in [0.717, 1.165) is 77.6 Å². The average molecular weight is 1190 g/mol. The van der Waals surface area contributed by atoms with Gasteiger partial charge in [0.2, 0.25) is 5.91 Å². The highest BCUT2D eigenvalue weighted by Gasteiger charge is 2.35. The van der Waals surface area contributed by atoms with Gasteiger partial charge >= 0.3 is 0 Å². The van der Waals surface area contributed by atoms with Crippen LogP contribution in [0.5, 0.6) is 5.75 Å². The van der Waals surface area contributed by atoms with Gasteiger partial charge in [-0.15, -0.1) is 0 Å². The number of ketones is 1. The molecule has 0 spiro atoms. The third-order valence-corrected chi connectivity index (χ3v) is 16.3. The molecule has 1 saturated heterocycles. The van der Waals surface area contributed by atoms with Crippen molar-refractivity contribution in [1.82, 2.24) is 20.5 Å². The number of nitrogens with zero attached hydrogens (tertiary/aromatic N) is 3. The number of aromatic nitrogens is 1. The minimum absolute atomic E-state index is 0.0285. The van der Waals surface area contributed by atoms with Crippen molar-refractivity contribution in [3.63, 3.8) is 0 Å². The Bertz CT molecular complexity index is 2440. The molecule has 2 saturated carbocycles.